The third-order valence-corrected chi connectivity index (χ3v) is 6.81. The molecule has 1 saturated heterocycles. The molecule has 2 aliphatic rings. The summed E-state index contributed by atoms with van der Waals surface area (Å²) < 4.78 is 40.3. The molecule has 194 valence electrons. The summed E-state index contributed by atoms with van der Waals surface area (Å²) in [5.74, 6) is 0.822. The van der Waals surface area contributed by atoms with E-state index in [0.29, 0.717) is 6.26 Å². The number of carbonyl (C=O) groups is 1. The quantitative estimate of drug-likeness (QED) is 0.318. The van der Waals surface area contributed by atoms with Crippen LogP contribution in [-0.4, -0.2) is 73.4 Å². The minimum atomic E-state index is -3.67. The van der Waals surface area contributed by atoms with Gasteiger partial charge in [-0.1, -0.05) is 54.6 Å². The van der Waals surface area contributed by atoms with Crippen molar-refractivity contribution in [2.45, 2.75) is 19.1 Å². The van der Waals surface area contributed by atoms with E-state index in [9.17, 15) is 13.2 Å². The summed E-state index contributed by atoms with van der Waals surface area (Å²) in [6.07, 6.45) is 0.125. The van der Waals surface area contributed by atoms with Gasteiger partial charge in [-0.25, -0.2) is 0 Å². The molecule has 0 amide bonds. The van der Waals surface area contributed by atoms with Crippen LogP contribution in [0, 0.1) is 6.92 Å². The van der Waals surface area contributed by atoms with E-state index < -0.39 is 16.2 Å². The highest BCUT2D eigenvalue weighted by Crippen LogP contribution is 2.40. The van der Waals surface area contributed by atoms with Gasteiger partial charge in [0.25, 0.3) is 10.1 Å². The number of ketones is 1. The van der Waals surface area contributed by atoms with Crippen LogP contribution in [0.15, 0.2) is 66.7 Å². The van der Waals surface area contributed by atoms with E-state index in [2.05, 4.69) is 28.5 Å². The summed E-state index contributed by atoms with van der Waals surface area (Å²) in [5.41, 5.74) is 2.97. The van der Waals surface area contributed by atoms with Gasteiger partial charge >= 0.3 is 0 Å². The zero-order valence-corrected chi connectivity index (χ0v) is 21.6. The predicted molar refractivity (Wildman–Crippen MR) is 143 cm³/mol. The number of carbonyl (C=O) groups excluding carboxylic acids is 1. The number of rotatable bonds is 4. The molecule has 9 heteroatoms. The molecular formula is C28H30N2O6S. The standard InChI is InChI=1S/C27H26N2O3.CH4O3S/c1-18-16-20-8-5-11-24-25(20)29(18)23(17-28-12-14-31-15-13-28)27(32-24)26(30)22-10-4-7-19-6-2-3-9-21(19)22;1-5(2,3)4/h2-11,16,23,27H,12-15,17H2,1H3;1H3,(H,2,3,4)/t23?,27-;/m0./s1. The van der Waals surface area contributed by atoms with Gasteiger partial charge in [0.2, 0.25) is 5.78 Å². The lowest BCUT2D eigenvalue weighted by Gasteiger charge is -2.38. The van der Waals surface area contributed by atoms with Crippen LogP contribution in [0.2, 0.25) is 0 Å². The molecule has 1 N–H and O–H groups in total. The van der Waals surface area contributed by atoms with Gasteiger partial charge in [-0.3, -0.25) is 14.2 Å². The Balaban J connectivity index is 0.000000514. The van der Waals surface area contributed by atoms with Crippen LogP contribution < -0.4 is 4.74 Å². The van der Waals surface area contributed by atoms with Crippen LogP contribution >= 0.6 is 0 Å². The Morgan fingerprint density at radius 3 is 2.41 bits per heavy atom. The van der Waals surface area contributed by atoms with E-state index in [-0.39, 0.29) is 11.8 Å². The number of hydrogen-bond donors (Lipinski definition) is 1. The number of fused-ring (bicyclic) bond motifs is 1. The van der Waals surface area contributed by atoms with Crippen LogP contribution in [0.4, 0.5) is 0 Å². The lowest BCUT2D eigenvalue weighted by atomic mass is 9.94. The number of benzene rings is 3. The zero-order chi connectivity index (χ0) is 26.2. The SMILES string of the molecule is CS(=O)(=O)O.Cc1cc2cccc3c2n1C(CN1CCOCC1)[C@@H](C(=O)c1cccc2ccccc12)O3. The summed E-state index contributed by atoms with van der Waals surface area (Å²) in [6, 6.07) is 22.2. The third-order valence-electron chi connectivity index (χ3n) is 6.81. The number of hydrogen-bond acceptors (Lipinski definition) is 6. The summed E-state index contributed by atoms with van der Waals surface area (Å²) in [4.78, 5) is 16.4. The van der Waals surface area contributed by atoms with Gasteiger partial charge in [-0.15, -0.1) is 0 Å². The maximum Gasteiger partial charge on any atom is 0.261 e. The van der Waals surface area contributed by atoms with Crippen LogP contribution in [-0.2, 0) is 14.9 Å². The van der Waals surface area contributed by atoms with E-state index >= 15 is 0 Å². The topological polar surface area (TPSA) is 98.1 Å². The van der Waals surface area contributed by atoms with Crippen molar-refractivity contribution in [2.24, 2.45) is 0 Å². The van der Waals surface area contributed by atoms with Crippen molar-refractivity contribution in [1.29, 1.82) is 0 Å². The Kier molecular flexibility index (Phi) is 7.04. The number of para-hydroxylation sites is 1. The van der Waals surface area contributed by atoms with Crippen molar-refractivity contribution in [3.8, 4) is 5.75 Å². The average Bonchev–Trinajstić information content (AvgIpc) is 3.21. The van der Waals surface area contributed by atoms with Crippen molar-refractivity contribution < 1.29 is 27.2 Å². The Hall–Kier alpha value is -3.24. The van der Waals surface area contributed by atoms with Crippen LogP contribution in [0.5, 0.6) is 5.75 Å². The zero-order valence-electron chi connectivity index (χ0n) is 20.8. The van der Waals surface area contributed by atoms with Crippen LogP contribution in [0.3, 0.4) is 0 Å². The molecule has 0 saturated carbocycles. The molecular weight excluding hydrogens is 492 g/mol. The molecule has 2 atom stereocenters. The molecule has 0 bridgehead atoms. The molecule has 6 rings (SSSR count). The summed E-state index contributed by atoms with van der Waals surface area (Å²) >= 11 is 0. The molecule has 8 nitrogen and oxygen atoms in total. The van der Waals surface area contributed by atoms with E-state index in [4.69, 9.17) is 14.0 Å². The second-order valence-corrected chi connectivity index (χ2v) is 11.0. The first kappa shape index (κ1) is 25.4. The molecule has 1 unspecified atom stereocenters. The van der Waals surface area contributed by atoms with Gasteiger partial charge in [0, 0.05) is 36.3 Å². The number of nitrogens with zero attached hydrogens (tertiary/aromatic N) is 2. The molecule has 0 radical (unpaired) electrons. The second-order valence-electron chi connectivity index (χ2n) is 9.49. The summed E-state index contributed by atoms with van der Waals surface area (Å²) in [7, 11) is -3.67. The number of Topliss-reactive ketones (excluding diaryl/α,β-unsaturated/α-hetero) is 1. The molecule has 1 fully saturated rings. The number of morpholine rings is 1. The van der Waals surface area contributed by atoms with Gasteiger partial charge in [0.1, 0.15) is 5.75 Å². The van der Waals surface area contributed by atoms with E-state index in [1.165, 1.54) is 0 Å². The molecule has 2 aliphatic heterocycles. The van der Waals surface area contributed by atoms with Gasteiger partial charge < -0.3 is 14.0 Å². The minimum absolute atomic E-state index is 0.0378. The Morgan fingerprint density at radius 1 is 1.00 bits per heavy atom. The normalized spacial score (nSPS) is 19.8. The van der Waals surface area contributed by atoms with E-state index in [1.807, 2.05) is 54.6 Å². The molecule has 3 heterocycles. The Bertz CT molecular complexity index is 1540. The molecule has 1 aromatic heterocycles. The monoisotopic (exact) mass is 522 g/mol. The first-order valence-corrected chi connectivity index (χ1v) is 14.1. The number of aromatic nitrogens is 1. The van der Waals surface area contributed by atoms with Crippen molar-refractivity contribution >= 4 is 37.6 Å². The van der Waals surface area contributed by atoms with Crippen molar-refractivity contribution in [3.05, 3.63) is 78.0 Å². The largest absolute Gasteiger partial charge is 0.478 e. The lowest BCUT2D eigenvalue weighted by Crippen LogP contribution is -2.48. The average molecular weight is 523 g/mol. The molecule has 3 aromatic carbocycles. The van der Waals surface area contributed by atoms with E-state index in [1.54, 1.807) is 0 Å². The minimum Gasteiger partial charge on any atom is -0.478 e. The number of aryl methyl sites for hydroxylation is 1. The van der Waals surface area contributed by atoms with Crippen molar-refractivity contribution in [3.63, 3.8) is 0 Å². The lowest BCUT2D eigenvalue weighted by molar-refractivity contribution is 0.0175. The van der Waals surface area contributed by atoms with Crippen molar-refractivity contribution in [1.82, 2.24) is 9.47 Å². The first-order chi connectivity index (χ1) is 17.7. The van der Waals surface area contributed by atoms with Gasteiger partial charge in [-0.2, -0.15) is 8.42 Å². The fourth-order valence-electron chi connectivity index (χ4n) is 5.31. The van der Waals surface area contributed by atoms with Gasteiger partial charge in [0.15, 0.2) is 6.10 Å². The summed E-state index contributed by atoms with van der Waals surface area (Å²) in [6.45, 7) is 6.08. The maximum atomic E-state index is 14.0. The fourth-order valence-corrected chi connectivity index (χ4v) is 5.31. The van der Waals surface area contributed by atoms with Gasteiger partial charge in [0.05, 0.1) is 31.0 Å². The molecule has 4 aromatic rings. The maximum absolute atomic E-state index is 14.0. The highest BCUT2D eigenvalue weighted by Gasteiger charge is 2.39. The van der Waals surface area contributed by atoms with Crippen LogP contribution in [0.1, 0.15) is 22.1 Å². The number of ether oxygens (including phenoxy) is 2. The van der Waals surface area contributed by atoms with Gasteiger partial charge in [-0.05, 0) is 29.8 Å². The summed E-state index contributed by atoms with van der Waals surface area (Å²) in [5, 5.41) is 3.20. The highest BCUT2D eigenvalue weighted by molar-refractivity contribution is 7.85. The molecule has 0 aliphatic carbocycles. The predicted octanol–water partition coefficient (Wildman–Crippen LogP) is 4.12. The Morgan fingerprint density at radius 2 is 1.65 bits per heavy atom. The van der Waals surface area contributed by atoms with Crippen LogP contribution in [0.25, 0.3) is 21.7 Å². The van der Waals surface area contributed by atoms with E-state index in [0.717, 1.165) is 71.5 Å². The Labute approximate surface area is 216 Å². The fraction of sp³-hybridized carbons (Fsp3) is 0.321. The molecule has 0 spiro atoms. The third kappa shape index (κ3) is 5.40. The van der Waals surface area contributed by atoms with Crippen molar-refractivity contribution in [2.75, 3.05) is 39.1 Å². The molecule has 37 heavy (non-hydrogen) atoms. The second kappa shape index (κ2) is 10.3. The highest BCUT2D eigenvalue weighted by atomic mass is 32.2. The first-order valence-electron chi connectivity index (χ1n) is 12.2. The smallest absolute Gasteiger partial charge is 0.261 e.